The van der Waals surface area contributed by atoms with Crippen LogP contribution in [0, 0.1) is 5.92 Å². The molecule has 2 atom stereocenters. The van der Waals surface area contributed by atoms with E-state index in [1.54, 1.807) is 14.2 Å². The maximum atomic E-state index is 9.38. The first-order chi connectivity index (χ1) is 10.1. The number of likely N-dealkylation sites (tertiary alicyclic amines) is 1. The van der Waals surface area contributed by atoms with Gasteiger partial charge in [-0.25, -0.2) is 0 Å². The number of rotatable bonds is 7. The van der Waals surface area contributed by atoms with Crippen LogP contribution in [0.2, 0.25) is 0 Å². The normalized spacial score (nSPS) is 20.5. The number of aliphatic hydroxyl groups is 1. The third kappa shape index (κ3) is 4.61. The molecular weight excluding hydrogens is 266 g/mol. The number of benzene rings is 1. The summed E-state index contributed by atoms with van der Waals surface area (Å²) in [5.41, 5.74) is 1.25. The van der Waals surface area contributed by atoms with Gasteiger partial charge < -0.3 is 14.6 Å². The average molecular weight is 293 g/mol. The highest BCUT2D eigenvalue weighted by Gasteiger charge is 2.22. The third-order valence-corrected chi connectivity index (χ3v) is 4.22. The fraction of sp³-hybridized carbons (Fsp3) is 0.647. The van der Waals surface area contributed by atoms with Crippen molar-refractivity contribution in [1.82, 2.24) is 4.90 Å². The summed E-state index contributed by atoms with van der Waals surface area (Å²) in [6, 6.07) is 6.13. The second-order valence-corrected chi connectivity index (χ2v) is 6.01. The lowest BCUT2D eigenvalue weighted by Crippen LogP contribution is -2.20. The van der Waals surface area contributed by atoms with E-state index in [0.29, 0.717) is 0 Å². The minimum absolute atomic E-state index is 0.176. The number of methoxy groups -OCH3 is 2. The van der Waals surface area contributed by atoms with Crippen LogP contribution in [0.5, 0.6) is 11.5 Å². The summed E-state index contributed by atoms with van der Waals surface area (Å²) in [6.45, 7) is 5.09. The molecule has 1 aromatic rings. The zero-order chi connectivity index (χ0) is 15.2. The maximum absolute atomic E-state index is 9.38. The number of aliphatic hydroxyl groups excluding tert-OH is 1. The zero-order valence-electron chi connectivity index (χ0n) is 13.3. The molecular formula is C17H27NO3. The number of hydrogen-bond acceptors (Lipinski definition) is 4. The molecule has 0 aliphatic carbocycles. The molecule has 1 N–H and O–H groups in total. The van der Waals surface area contributed by atoms with Crippen LogP contribution < -0.4 is 9.47 Å². The Kier molecular flexibility index (Phi) is 5.88. The molecule has 1 heterocycles. The molecule has 0 spiro atoms. The Morgan fingerprint density at radius 3 is 2.71 bits per heavy atom. The molecule has 1 aliphatic rings. The largest absolute Gasteiger partial charge is 0.493 e. The van der Waals surface area contributed by atoms with E-state index in [1.807, 2.05) is 13.0 Å². The average Bonchev–Trinajstić information content (AvgIpc) is 2.92. The zero-order valence-corrected chi connectivity index (χ0v) is 13.3. The monoisotopic (exact) mass is 293 g/mol. The SMILES string of the molecule is COc1ccc(CN2CCC(CCC(C)O)C2)cc1OC. The molecule has 0 saturated carbocycles. The predicted molar refractivity (Wildman–Crippen MR) is 83.8 cm³/mol. The first-order valence-corrected chi connectivity index (χ1v) is 7.73. The Morgan fingerprint density at radius 1 is 1.29 bits per heavy atom. The van der Waals surface area contributed by atoms with Crippen molar-refractivity contribution in [2.75, 3.05) is 27.3 Å². The standard InChI is InChI=1S/C17H27NO3/c1-13(19)4-5-14-8-9-18(11-14)12-15-6-7-16(20-2)17(10-15)21-3/h6-7,10,13-14,19H,4-5,8-9,11-12H2,1-3H3. The summed E-state index contributed by atoms with van der Waals surface area (Å²) in [4.78, 5) is 2.48. The molecule has 2 rings (SSSR count). The van der Waals surface area contributed by atoms with Crippen molar-refractivity contribution in [3.8, 4) is 11.5 Å². The molecule has 0 aromatic heterocycles. The lowest BCUT2D eigenvalue weighted by atomic mass is 10.0. The Hall–Kier alpha value is -1.26. The van der Waals surface area contributed by atoms with E-state index in [4.69, 9.17) is 9.47 Å². The minimum Gasteiger partial charge on any atom is -0.493 e. The van der Waals surface area contributed by atoms with Gasteiger partial charge in [-0.1, -0.05) is 6.07 Å². The Morgan fingerprint density at radius 2 is 2.05 bits per heavy atom. The summed E-state index contributed by atoms with van der Waals surface area (Å²) >= 11 is 0. The predicted octanol–water partition coefficient (Wildman–Crippen LogP) is 2.69. The fourth-order valence-electron chi connectivity index (χ4n) is 3.01. The van der Waals surface area contributed by atoms with E-state index in [-0.39, 0.29) is 6.10 Å². The van der Waals surface area contributed by atoms with Gasteiger partial charge in [-0.3, -0.25) is 4.90 Å². The minimum atomic E-state index is -0.176. The van der Waals surface area contributed by atoms with Crippen molar-refractivity contribution in [2.45, 2.75) is 38.8 Å². The Labute approximate surface area is 127 Å². The Balaban J connectivity index is 1.88. The van der Waals surface area contributed by atoms with E-state index in [0.717, 1.165) is 49.9 Å². The van der Waals surface area contributed by atoms with Crippen molar-refractivity contribution in [3.63, 3.8) is 0 Å². The van der Waals surface area contributed by atoms with Gasteiger partial charge in [-0.15, -0.1) is 0 Å². The van der Waals surface area contributed by atoms with Crippen molar-refractivity contribution in [3.05, 3.63) is 23.8 Å². The summed E-state index contributed by atoms with van der Waals surface area (Å²) < 4.78 is 10.6. The van der Waals surface area contributed by atoms with Gasteiger partial charge in [0.1, 0.15) is 0 Å². The molecule has 0 radical (unpaired) electrons. The van der Waals surface area contributed by atoms with Crippen LogP contribution in [0.4, 0.5) is 0 Å². The highest BCUT2D eigenvalue weighted by Crippen LogP contribution is 2.29. The molecule has 1 fully saturated rings. The first kappa shape index (κ1) is 16.1. The number of hydrogen-bond donors (Lipinski definition) is 1. The van der Waals surface area contributed by atoms with Crippen LogP contribution in [0.15, 0.2) is 18.2 Å². The van der Waals surface area contributed by atoms with Gasteiger partial charge in [0.2, 0.25) is 0 Å². The van der Waals surface area contributed by atoms with Gasteiger partial charge in [-0.2, -0.15) is 0 Å². The molecule has 4 nitrogen and oxygen atoms in total. The van der Waals surface area contributed by atoms with Crippen molar-refractivity contribution < 1.29 is 14.6 Å². The first-order valence-electron chi connectivity index (χ1n) is 7.73. The molecule has 4 heteroatoms. The van der Waals surface area contributed by atoms with Crippen molar-refractivity contribution in [1.29, 1.82) is 0 Å². The molecule has 0 bridgehead atoms. The van der Waals surface area contributed by atoms with Crippen molar-refractivity contribution >= 4 is 0 Å². The lowest BCUT2D eigenvalue weighted by molar-refractivity contribution is 0.173. The molecule has 2 unspecified atom stereocenters. The summed E-state index contributed by atoms with van der Waals surface area (Å²) in [6.07, 6.45) is 3.10. The summed E-state index contributed by atoms with van der Waals surface area (Å²) in [5, 5.41) is 9.38. The molecule has 118 valence electrons. The summed E-state index contributed by atoms with van der Waals surface area (Å²) in [5.74, 6) is 2.29. The maximum Gasteiger partial charge on any atom is 0.161 e. The fourth-order valence-corrected chi connectivity index (χ4v) is 3.01. The van der Waals surface area contributed by atoms with E-state index in [1.165, 1.54) is 12.0 Å². The van der Waals surface area contributed by atoms with Gasteiger partial charge >= 0.3 is 0 Å². The van der Waals surface area contributed by atoms with Gasteiger partial charge in [0.25, 0.3) is 0 Å². The smallest absolute Gasteiger partial charge is 0.161 e. The van der Waals surface area contributed by atoms with Crippen LogP contribution in [0.3, 0.4) is 0 Å². The van der Waals surface area contributed by atoms with Crippen LogP contribution in [0.25, 0.3) is 0 Å². The second kappa shape index (κ2) is 7.66. The summed E-state index contributed by atoms with van der Waals surface area (Å²) in [7, 11) is 3.33. The Bertz CT molecular complexity index is 448. The topological polar surface area (TPSA) is 41.9 Å². The number of ether oxygens (including phenoxy) is 2. The third-order valence-electron chi connectivity index (χ3n) is 4.22. The molecule has 1 aromatic carbocycles. The molecule has 1 saturated heterocycles. The van der Waals surface area contributed by atoms with E-state index >= 15 is 0 Å². The van der Waals surface area contributed by atoms with E-state index in [9.17, 15) is 5.11 Å². The van der Waals surface area contributed by atoms with Crippen LogP contribution in [-0.2, 0) is 6.54 Å². The quantitative estimate of drug-likeness (QED) is 0.839. The van der Waals surface area contributed by atoms with Gasteiger partial charge in [0.15, 0.2) is 11.5 Å². The van der Waals surface area contributed by atoms with Crippen LogP contribution in [0.1, 0.15) is 31.7 Å². The van der Waals surface area contributed by atoms with Gasteiger partial charge in [0, 0.05) is 13.1 Å². The van der Waals surface area contributed by atoms with E-state index < -0.39 is 0 Å². The molecule has 21 heavy (non-hydrogen) atoms. The van der Waals surface area contributed by atoms with E-state index in [2.05, 4.69) is 17.0 Å². The second-order valence-electron chi connectivity index (χ2n) is 6.01. The highest BCUT2D eigenvalue weighted by molar-refractivity contribution is 5.42. The molecule has 1 aliphatic heterocycles. The van der Waals surface area contributed by atoms with Gasteiger partial charge in [0.05, 0.1) is 20.3 Å². The van der Waals surface area contributed by atoms with Crippen molar-refractivity contribution in [2.24, 2.45) is 5.92 Å². The highest BCUT2D eigenvalue weighted by atomic mass is 16.5. The number of nitrogens with zero attached hydrogens (tertiary/aromatic N) is 1. The lowest BCUT2D eigenvalue weighted by Gasteiger charge is -2.17. The molecule has 0 amide bonds. The van der Waals surface area contributed by atoms with Crippen LogP contribution >= 0.6 is 0 Å². The van der Waals surface area contributed by atoms with Gasteiger partial charge in [-0.05, 0) is 56.3 Å². The van der Waals surface area contributed by atoms with Crippen LogP contribution in [-0.4, -0.2) is 43.4 Å².